The fourth-order valence-corrected chi connectivity index (χ4v) is 16.5. The first-order valence-electron chi connectivity index (χ1n) is 29.4. The summed E-state index contributed by atoms with van der Waals surface area (Å²) in [5.74, 6) is -2.37. The monoisotopic (exact) mass is 1130 g/mol. The molecule has 16 atom stereocenters. The van der Waals surface area contributed by atoms with Crippen LogP contribution in [0.25, 0.3) is 0 Å². The lowest BCUT2D eigenvalue weighted by molar-refractivity contribution is -0.191. The lowest BCUT2D eigenvalue weighted by Crippen LogP contribution is -2.63. The molecule has 450 valence electrons. The van der Waals surface area contributed by atoms with Crippen LogP contribution in [0.15, 0.2) is 25.3 Å². The number of nitrogens with one attached hydrogen (secondary N) is 2. The molecule has 0 unspecified atom stereocenters. The molecule has 8 fully saturated rings. The molecule has 0 aromatic rings. The van der Waals surface area contributed by atoms with Crippen LogP contribution in [-0.2, 0) is 38.1 Å². The van der Waals surface area contributed by atoms with Crippen LogP contribution in [0.2, 0.25) is 0 Å². The zero-order valence-corrected chi connectivity index (χ0v) is 48.6. The second-order valence-electron chi connectivity index (χ2n) is 26.4. The molecule has 0 spiro atoms. The Labute approximate surface area is 472 Å². The minimum absolute atomic E-state index is 0.0999. The van der Waals surface area contributed by atoms with Crippen LogP contribution in [0.3, 0.4) is 0 Å². The van der Waals surface area contributed by atoms with E-state index >= 15 is 0 Å². The van der Waals surface area contributed by atoms with Crippen molar-refractivity contribution >= 4 is 47.9 Å². The lowest BCUT2D eigenvalue weighted by atomic mass is 9.44. The molecule has 4 bridgehead atoms. The maximum absolute atomic E-state index is 13.4. The molecular weight excluding hydrogens is 1030 g/mol. The van der Waals surface area contributed by atoms with Crippen LogP contribution in [0, 0.1) is 68.0 Å². The zero-order valence-electron chi connectivity index (χ0n) is 48.6. The number of aliphatic carboxylic acids is 2. The first-order chi connectivity index (χ1) is 37.4. The molecule has 8 rings (SSSR count). The molecule has 4 amide bonds. The molecule has 0 aromatic heterocycles. The minimum Gasteiger partial charge on any atom is -0.481 e. The van der Waals surface area contributed by atoms with E-state index in [0.29, 0.717) is 51.4 Å². The van der Waals surface area contributed by atoms with Crippen molar-refractivity contribution in [2.45, 2.75) is 233 Å². The van der Waals surface area contributed by atoms with Crippen molar-refractivity contribution in [3.8, 4) is 0 Å². The second kappa shape index (κ2) is 25.3. The smallest absolute Gasteiger partial charge is 0.416 e. The molecule has 0 aliphatic heterocycles. The van der Waals surface area contributed by atoms with Crippen LogP contribution in [0.5, 0.6) is 0 Å². The van der Waals surface area contributed by atoms with Gasteiger partial charge in [0.2, 0.25) is 0 Å². The van der Waals surface area contributed by atoms with Gasteiger partial charge in [-0.25, -0.2) is 29.8 Å². The summed E-state index contributed by atoms with van der Waals surface area (Å²) in [6.45, 7) is 24.4. The topological polar surface area (TPSA) is 330 Å². The van der Waals surface area contributed by atoms with Gasteiger partial charge in [0.25, 0.3) is 0 Å². The molecular formula is C60H94N4O16. The molecule has 20 nitrogen and oxygen atoms in total. The highest BCUT2D eigenvalue weighted by Gasteiger charge is 2.70. The van der Waals surface area contributed by atoms with Gasteiger partial charge in [0.1, 0.15) is 36.0 Å². The molecule has 80 heavy (non-hydrogen) atoms. The molecule has 8 saturated carbocycles. The number of aliphatic hydroxyl groups is 2. The van der Waals surface area contributed by atoms with E-state index in [1.54, 1.807) is 12.2 Å². The van der Waals surface area contributed by atoms with Crippen molar-refractivity contribution in [3.63, 3.8) is 0 Å². The summed E-state index contributed by atoms with van der Waals surface area (Å²) in [5.41, 5.74) is 8.42. The molecule has 20 heteroatoms. The van der Waals surface area contributed by atoms with E-state index < -0.39 is 82.4 Å². The number of carbonyl (C=O) groups excluding carboxylic acids is 6. The standard InChI is InChI=1S/2C28H44N2O6.C4H6O4/c2*1-6-26(4)15-21(36-25(34)30-24(33)35-19-9-7-18(29)8-10-19)27(5)16(2)11-13-28(17(3)23(26)32)14-12-20(31)22(27)28;5-3(6)1-2-4(7)8/h2*6,16-19,21-23,32H,1,7-15,29H2,2-5H3,(H,30,33,34);1-2H2,(H,5,6)(H,7,8)/t2*16-,17+,18?,19?,21-,22+,23+,26-,27+,28+;/m11./s1. The van der Waals surface area contributed by atoms with E-state index in [1.807, 2.05) is 13.8 Å². The normalized spacial score (nSPS) is 42.8. The van der Waals surface area contributed by atoms with E-state index in [9.17, 15) is 48.6 Å². The molecule has 0 aromatic carbocycles. The van der Waals surface area contributed by atoms with Gasteiger partial charge in [0.15, 0.2) is 0 Å². The fraction of sp³-hybridized carbons (Fsp3) is 0.800. The highest BCUT2D eigenvalue weighted by atomic mass is 16.6. The van der Waals surface area contributed by atoms with Gasteiger partial charge in [-0.15, -0.1) is 13.2 Å². The SMILES string of the molecule is C=C[C@]1(C)C[C@@H](OC(=O)NC(=O)OC2CCC(N)CC2)[C@]2(C)[C@H](C)CC[C@]3(CCC(=O)[C@H]32)[C@@H](C)[C@@H]1O.C=C[C@]1(C)C[C@@H](OC(=O)NC(=O)OC2CCC(N)CC2)[C@]2(C)[C@H](C)CC[C@]3(CCC(=O)[C@H]32)[C@@H](C)[C@@H]1O.O=C(O)CCC(=O)O. The number of alkyl carbamates (subject to hydrolysis) is 4. The Bertz CT molecular complexity index is 2180. The number of nitrogens with two attached hydrogens (primary N) is 2. The predicted molar refractivity (Wildman–Crippen MR) is 294 cm³/mol. The van der Waals surface area contributed by atoms with E-state index in [2.05, 4.69) is 65.3 Å². The van der Waals surface area contributed by atoms with Crippen molar-refractivity contribution in [1.82, 2.24) is 10.6 Å². The van der Waals surface area contributed by atoms with Crippen LogP contribution in [-0.4, -0.2) is 117 Å². The third-order valence-electron chi connectivity index (χ3n) is 22.0. The van der Waals surface area contributed by atoms with Gasteiger partial charge in [-0.2, -0.15) is 0 Å². The number of carbonyl (C=O) groups is 8. The quantitative estimate of drug-likeness (QED) is 0.0789. The molecule has 0 radical (unpaired) electrons. The van der Waals surface area contributed by atoms with Crippen molar-refractivity contribution < 1.29 is 77.7 Å². The van der Waals surface area contributed by atoms with Gasteiger partial charge >= 0.3 is 36.3 Å². The van der Waals surface area contributed by atoms with E-state index in [0.717, 1.165) is 64.2 Å². The van der Waals surface area contributed by atoms with Gasteiger partial charge < -0.3 is 50.8 Å². The van der Waals surface area contributed by atoms with Crippen LogP contribution in [0.1, 0.15) is 184 Å². The summed E-state index contributed by atoms with van der Waals surface area (Å²) in [4.78, 5) is 97.1. The highest BCUT2D eigenvalue weighted by molar-refractivity contribution is 5.89. The van der Waals surface area contributed by atoms with E-state index in [-0.39, 0.29) is 95.0 Å². The van der Waals surface area contributed by atoms with Crippen LogP contribution >= 0.6 is 0 Å². The number of imide groups is 2. The average Bonchev–Trinajstić information content (AvgIpc) is 4.04. The number of hydrogen-bond donors (Lipinski definition) is 8. The minimum atomic E-state index is -1.08. The van der Waals surface area contributed by atoms with Crippen molar-refractivity contribution in [3.05, 3.63) is 25.3 Å². The summed E-state index contributed by atoms with van der Waals surface area (Å²) < 4.78 is 22.9. The Kier molecular flexibility index (Phi) is 20.3. The van der Waals surface area contributed by atoms with Crippen LogP contribution < -0.4 is 22.1 Å². The number of hydrogen-bond acceptors (Lipinski definition) is 16. The maximum Gasteiger partial charge on any atom is 0.416 e. The number of Topliss-reactive ketones (excluding diaryl/α,β-unsaturated/α-hetero) is 2. The molecule has 8 aliphatic rings. The molecule has 8 aliphatic carbocycles. The van der Waals surface area contributed by atoms with E-state index in [4.69, 9.17) is 40.6 Å². The number of ether oxygens (including phenoxy) is 4. The van der Waals surface area contributed by atoms with Gasteiger partial charge in [0, 0.05) is 58.4 Å². The van der Waals surface area contributed by atoms with Gasteiger partial charge in [-0.3, -0.25) is 19.2 Å². The van der Waals surface area contributed by atoms with Crippen molar-refractivity contribution in [2.75, 3.05) is 0 Å². The predicted octanol–water partition coefficient (Wildman–Crippen LogP) is 8.90. The summed E-state index contributed by atoms with van der Waals surface area (Å²) in [6.07, 6.45) is 8.40. The summed E-state index contributed by atoms with van der Waals surface area (Å²) in [7, 11) is 0. The number of ketones is 2. The number of amides is 4. The molecule has 0 saturated heterocycles. The summed E-state index contributed by atoms with van der Waals surface area (Å²) in [5, 5.41) is 43.4. The Hall–Kier alpha value is -4.92. The second-order valence-corrected chi connectivity index (χ2v) is 26.4. The third-order valence-corrected chi connectivity index (χ3v) is 22.0. The fourth-order valence-electron chi connectivity index (χ4n) is 16.5. The number of aliphatic hydroxyl groups excluding tert-OH is 2. The highest BCUT2D eigenvalue weighted by Crippen LogP contribution is 2.69. The van der Waals surface area contributed by atoms with Gasteiger partial charge in [0.05, 0.1) is 25.0 Å². The van der Waals surface area contributed by atoms with Crippen molar-refractivity contribution in [2.24, 2.45) is 79.5 Å². The van der Waals surface area contributed by atoms with Crippen LogP contribution in [0.4, 0.5) is 19.2 Å². The largest absolute Gasteiger partial charge is 0.481 e. The lowest BCUT2D eigenvalue weighted by Gasteiger charge is -2.61. The summed E-state index contributed by atoms with van der Waals surface area (Å²) in [6, 6.07) is 0.246. The Morgan fingerprint density at radius 2 is 0.850 bits per heavy atom. The number of rotatable bonds is 9. The number of carboxylic acids is 2. The zero-order chi connectivity index (χ0) is 59.5. The Morgan fingerprint density at radius 3 is 1.15 bits per heavy atom. The summed E-state index contributed by atoms with van der Waals surface area (Å²) >= 11 is 0. The van der Waals surface area contributed by atoms with E-state index in [1.165, 1.54) is 0 Å². The molecule has 10 N–H and O–H groups in total. The first kappa shape index (κ1) is 64.3. The van der Waals surface area contributed by atoms with Gasteiger partial charge in [-0.1, -0.05) is 67.5 Å². The Morgan fingerprint density at radius 1 is 0.537 bits per heavy atom. The maximum atomic E-state index is 13.4. The molecule has 0 heterocycles. The Balaban J connectivity index is 0.000000227. The average molecular weight is 1130 g/mol. The van der Waals surface area contributed by atoms with Crippen molar-refractivity contribution in [1.29, 1.82) is 0 Å². The van der Waals surface area contributed by atoms with Gasteiger partial charge in [-0.05, 0) is 137 Å². The third kappa shape index (κ3) is 12.8. The number of carboxylic acid groups (broad SMARTS) is 2. The first-order valence-corrected chi connectivity index (χ1v) is 29.4.